The number of nitrogens with one attached hydrogen (secondary N) is 1. The molecule has 1 aromatic carbocycles. The monoisotopic (exact) mass is 239 g/mol. The minimum absolute atomic E-state index is 0.0724. The van der Waals surface area contributed by atoms with Gasteiger partial charge in [0.15, 0.2) is 0 Å². The Morgan fingerprint density at radius 2 is 2.29 bits per heavy atom. The minimum Gasteiger partial charge on any atom is -0.393 e. The molecule has 0 heterocycles. The van der Waals surface area contributed by atoms with Crippen LogP contribution in [0.3, 0.4) is 0 Å². The molecule has 1 rings (SSSR count). The summed E-state index contributed by atoms with van der Waals surface area (Å²) in [4.78, 5) is 10.4. The van der Waals surface area contributed by atoms with Crippen molar-refractivity contribution in [2.45, 2.75) is 19.4 Å². The van der Waals surface area contributed by atoms with Crippen molar-refractivity contribution in [3.05, 3.63) is 28.3 Å². The molecule has 94 valence electrons. The van der Waals surface area contributed by atoms with Gasteiger partial charge in [-0.15, -0.1) is 0 Å². The van der Waals surface area contributed by atoms with Gasteiger partial charge in [-0.2, -0.15) is 0 Å². The summed E-state index contributed by atoms with van der Waals surface area (Å²) in [7, 11) is 1.62. The van der Waals surface area contributed by atoms with Gasteiger partial charge in [-0.25, -0.2) is 0 Å². The number of nitrogens with two attached hydrogens (primary N) is 1. The van der Waals surface area contributed by atoms with Crippen molar-refractivity contribution < 1.29 is 9.66 Å². The van der Waals surface area contributed by atoms with E-state index >= 15 is 0 Å². The number of nitro benzene ring substituents is 1. The third-order valence-electron chi connectivity index (χ3n) is 2.41. The van der Waals surface area contributed by atoms with Gasteiger partial charge in [0.25, 0.3) is 0 Å². The molecule has 3 N–H and O–H groups in total. The number of nitro groups is 1. The predicted octanol–water partition coefficient (Wildman–Crippen LogP) is 2.01. The first-order valence-electron chi connectivity index (χ1n) is 5.34. The first kappa shape index (κ1) is 13.2. The number of hydrogen-bond acceptors (Lipinski definition) is 5. The van der Waals surface area contributed by atoms with Gasteiger partial charge in [0.2, 0.25) is 0 Å². The molecule has 0 radical (unpaired) electrons. The Hall–Kier alpha value is -1.82. The molecule has 1 atom stereocenters. The molecular weight excluding hydrogens is 222 g/mol. The molecule has 0 bridgehead atoms. The number of para-hydroxylation sites is 1. The van der Waals surface area contributed by atoms with Crippen LogP contribution in [0, 0.1) is 10.1 Å². The second-order valence-corrected chi connectivity index (χ2v) is 3.83. The first-order chi connectivity index (χ1) is 8.06. The highest BCUT2D eigenvalue weighted by atomic mass is 16.6. The molecule has 17 heavy (non-hydrogen) atoms. The maximum Gasteiger partial charge on any atom is 0.314 e. The van der Waals surface area contributed by atoms with Crippen LogP contribution >= 0.6 is 0 Å². The van der Waals surface area contributed by atoms with Crippen LogP contribution < -0.4 is 11.1 Å². The smallest absolute Gasteiger partial charge is 0.314 e. The molecule has 6 heteroatoms. The number of rotatable bonds is 6. The zero-order valence-corrected chi connectivity index (χ0v) is 9.97. The summed E-state index contributed by atoms with van der Waals surface area (Å²) in [6.45, 7) is 2.54. The summed E-state index contributed by atoms with van der Waals surface area (Å²) in [5.74, 6) is 0. The van der Waals surface area contributed by atoms with Crippen LogP contribution in [0.25, 0.3) is 0 Å². The van der Waals surface area contributed by atoms with Gasteiger partial charge in [-0.1, -0.05) is 6.07 Å². The van der Waals surface area contributed by atoms with E-state index in [-0.39, 0.29) is 17.4 Å². The molecule has 1 unspecified atom stereocenters. The maximum atomic E-state index is 10.9. The van der Waals surface area contributed by atoms with Crippen LogP contribution in [0.4, 0.5) is 17.1 Å². The Labute approximate surface area is 99.9 Å². The number of benzene rings is 1. The largest absolute Gasteiger partial charge is 0.393 e. The van der Waals surface area contributed by atoms with E-state index in [2.05, 4.69) is 5.32 Å². The van der Waals surface area contributed by atoms with Crippen molar-refractivity contribution >= 4 is 17.1 Å². The van der Waals surface area contributed by atoms with Gasteiger partial charge in [0, 0.05) is 19.8 Å². The third-order valence-corrected chi connectivity index (χ3v) is 2.41. The fraction of sp³-hybridized carbons (Fsp3) is 0.455. The van der Waals surface area contributed by atoms with E-state index in [0.717, 1.165) is 6.42 Å². The van der Waals surface area contributed by atoms with Gasteiger partial charge in [-0.05, 0) is 25.5 Å². The predicted molar refractivity (Wildman–Crippen MR) is 67.1 cm³/mol. The van der Waals surface area contributed by atoms with Crippen molar-refractivity contribution in [2.75, 3.05) is 24.8 Å². The van der Waals surface area contributed by atoms with E-state index in [0.29, 0.717) is 12.3 Å². The number of nitrogens with zero attached hydrogens (tertiary/aromatic N) is 1. The number of methoxy groups -OCH3 is 1. The first-order valence-corrected chi connectivity index (χ1v) is 5.34. The maximum absolute atomic E-state index is 10.9. The summed E-state index contributed by atoms with van der Waals surface area (Å²) in [5, 5.41) is 14.0. The SMILES string of the molecule is COCCC(C)Nc1cccc(N)c1[N+](=O)[O-]. The number of hydrogen-bond donors (Lipinski definition) is 2. The lowest BCUT2D eigenvalue weighted by atomic mass is 10.2. The van der Waals surface area contributed by atoms with E-state index in [4.69, 9.17) is 10.5 Å². The van der Waals surface area contributed by atoms with Crippen LogP contribution in [0.2, 0.25) is 0 Å². The van der Waals surface area contributed by atoms with E-state index in [1.165, 1.54) is 6.07 Å². The fourth-order valence-electron chi connectivity index (χ4n) is 1.51. The zero-order chi connectivity index (χ0) is 12.8. The summed E-state index contributed by atoms with van der Waals surface area (Å²) >= 11 is 0. The van der Waals surface area contributed by atoms with Crippen LogP contribution in [0.15, 0.2) is 18.2 Å². The summed E-state index contributed by atoms with van der Waals surface area (Å²) in [6, 6.07) is 4.93. The highest BCUT2D eigenvalue weighted by molar-refractivity contribution is 5.74. The summed E-state index contributed by atoms with van der Waals surface area (Å²) < 4.78 is 4.95. The highest BCUT2D eigenvalue weighted by Crippen LogP contribution is 2.30. The average Bonchev–Trinajstić information content (AvgIpc) is 2.25. The van der Waals surface area contributed by atoms with Crippen molar-refractivity contribution in [3.8, 4) is 0 Å². The molecule has 0 fully saturated rings. The molecule has 0 spiro atoms. The van der Waals surface area contributed by atoms with E-state index < -0.39 is 4.92 Å². The van der Waals surface area contributed by atoms with Gasteiger partial charge >= 0.3 is 5.69 Å². The second kappa shape index (κ2) is 6.05. The quantitative estimate of drug-likeness (QED) is 0.450. The molecule has 6 nitrogen and oxygen atoms in total. The molecule has 1 aromatic rings. The van der Waals surface area contributed by atoms with Crippen LogP contribution in [0.1, 0.15) is 13.3 Å². The molecule has 0 saturated heterocycles. The third kappa shape index (κ3) is 3.60. The number of nitrogen functional groups attached to an aromatic ring is 1. The minimum atomic E-state index is -0.472. The van der Waals surface area contributed by atoms with E-state index in [1.54, 1.807) is 19.2 Å². The van der Waals surface area contributed by atoms with Gasteiger partial charge < -0.3 is 15.8 Å². The fourth-order valence-corrected chi connectivity index (χ4v) is 1.51. The molecule has 0 aromatic heterocycles. The lowest BCUT2D eigenvalue weighted by Crippen LogP contribution is -2.18. The van der Waals surface area contributed by atoms with Crippen molar-refractivity contribution in [1.29, 1.82) is 0 Å². The Morgan fingerprint density at radius 1 is 1.59 bits per heavy atom. The summed E-state index contributed by atoms with van der Waals surface area (Å²) in [5.41, 5.74) is 6.13. The molecular formula is C11H17N3O3. The van der Waals surface area contributed by atoms with Gasteiger partial charge in [0.1, 0.15) is 11.4 Å². The topological polar surface area (TPSA) is 90.4 Å². The molecule has 0 aliphatic carbocycles. The number of ether oxygens (including phenoxy) is 1. The number of anilines is 2. The Kier molecular flexibility index (Phi) is 4.71. The van der Waals surface area contributed by atoms with Crippen molar-refractivity contribution in [1.82, 2.24) is 0 Å². The standard InChI is InChI=1S/C11H17N3O3/c1-8(6-7-17-2)13-10-5-3-4-9(12)11(10)14(15)16/h3-5,8,13H,6-7,12H2,1-2H3. The molecule has 0 aliphatic rings. The second-order valence-electron chi connectivity index (χ2n) is 3.83. The van der Waals surface area contributed by atoms with Crippen molar-refractivity contribution in [2.24, 2.45) is 0 Å². The zero-order valence-electron chi connectivity index (χ0n) is 9.97. The normalized spacial score (nSPS) is 12.1. The molecule has 0 amide bonds. The van der Waals surface area contributed by atoms with Gasteiger partial charge in [-0.3, -0.25) is 10.1 Å². The Bertz CT molecular complexity index is 396. The summed E-state index contributed by atoms with van der Waals surface area (Å²) in [6.07, 6.45) is 0.766. The Balaban J connectivity index is 2.83. The highest BCUT2D eigenvalue weighted by Gasteiger charge is 2.18. The van der Waals surface area contributed by atoms with Crippen LogP contribution in [-0.4, -0.2) is 24.7 Å². The van der Waals surface area contributed by atoms with Crippen LogP contribution in [0.5, 0.6) is 0 Å². The lowest BCUT2D eigenvalue weighted by Gasteiger charge is -2.15. The average molecular weight is 239 g/mol. The lowest BCUT2D eigenvalue weighted by molar-refractivity contribution is -0.383. The Morgan fingerprint density at radius 3 is 2.88 bits per heavy atom. The van der Waals surface area contributed by atoms with Crippen LogP contribution in [-0.2, 0) is 4.74 Å². The van der Waals surface area contributed by atoms with E-state index in [1.807, 2.05) is 6.92 Å². The van der Waals surface area contributed by atoms with E-state index in [9.17, 15) is 10.1 Å². The van der Waals surface area contributed by atoms with Gasteiger partial charge in [0.05, 0.1) is 4.92 Å². The molecule has 0 aliphatic heterocycles. The van der Waals surface area contributed by atoms with Crippen molar-refractivity contribution in [3.63, 3.8) is 0 Å². The molecule has 0 saturated carbocycles.